The van der Waals surface area contributed by atoms with Crippen molar-refractivity contribution in [2.75, 3.05) is 11.9 Å². The van der Waals surface area contributed by atoms with Crippen molar-refractivity contribution in [1.82, 2.24) is 4.98 Å². The molecule has 94 valence electrons. The Balaban J connectivity index is 1.92. The van der Waals surface area contributed by atoms with Crippen LogP contribution in [-0.2, 0) is 11.3 Å². The molecule has 5 heteroatoms. The van der Waals surface area contributed by atoms with E-state index in [1.807, 2.05) is 30.5 Å². The van der Waals surface area contributed by atoms with Crippen LogP contribution in [0.5, 0.6) is 0 Å². The first-order valence-electron chi connectivity index (χ1n) is 5.51. The summed E-state index contributed by atoms with van der Waals surface area (Å²) in [6.07, 6.45) is 3.01. The van der Waals surface area contributed by atoms with Gasteiger partial charge < -0.3 is 4.74 Å². The van der Waals surface area contributed by atoms with E-state index >= 15 is 0 Å². The van der Waals surface area contributed by atoms with Crippen LogP contribution in [0.3, 0.4) is 0 Å². The van der Waals surface area contributed by atoms with Crippen molar-refractivity contribution in [2.24, 2.45) is 0 Å². The molecule has 0 saturated heterocycles. The van der Waals surface area contributed by atoms with E-state index < -0.39 is 0 Å². The largest absolute Gasteiger partial charge is 0.444 e. The first-order chi connectivity index (χ1) is 8.66. The molecule has 0 aromatic carbocycles. The number of nitrogens with zero attached hydrogens (tertiary/aromatic N) is 2. The number of aryl methyl sites for hydroxylation is 1. The maximum atomic E-state index is 11.8. The maximum absolute atomic E-state index is 11.8. The molecule has 0 radical (unpaired) electrons. The fourth-order valence-electron chi connectivity index (χ4n) is 1.41. The van der Waals surface area contributed by atoms with Crippen LogP contribution in [0.4, 0.5) is 9.80 Å². The van der Waals surface area contributed by atoms with E-state index in [0.29, 0.717) is 0 Å². The second kappa shape index (κ2) is 5.64. The number of ether oxygens (including phenoxy) is 1. The van der Waals surface area contributed by atoms with E-state index in [2.05, 4.69) is 4.98 Å². The SMILES string of the molecule is Cc1csc(N(C)C(=O)OCc2cccnc2)c1. The maximum Gasteiger partial charge on any atom is 0.414 e. The number of aromatic nitrogens is 1. The number of amides is 1. The number of pyridine rings is 1. The van der Waals surface area contributed by atoms with Gasteiger partial charge in [-0.25, -0.2) is 4.79 Å². The van der Waals surface area contributed by atoms with Gasteiger partial charge in [-0.1, -0.05) is 6.07 Å². The van der Waals surface area contributed by atoms with Crippen molar-refractivity contribution in [3.05, 3.63) is 47.1 Å². The van der Waals surface area contributed by atoms with Gasteiger partial charge in [0.1, 0.15) is 11.6 Å². The molecule has 0 aliphatic heterocycles. The molecule has 0 atom stereocenters. The van der Waals surface area contributed by atoms with Gasteiger partial charge in [0.05, 0.1) is 0 Å². The summed E-state index contributed by atoms with van der Waals surface area (Å²) in [5.74, 6) is 0. The number of thiophene rings is 1. The van der Waals surface area contributed by atoms with Gasteiger partial charge in [0.2, 0.25) is 0 Å². The Hall–Kier alpha value is -1.88. The second-order valence-corrected chi connectivity index (χ2v) is 4.83. The van der Waals surface area contributed by atoms with Crippen molar-refractivity contribution in [3.8, 4) is 0 Å². The fraction of sp³-hybridized carbons (Fsp3) is 0.231. The van der Waals surface area contributed by atoms with Crippen LogP contribution in [0.2, 0.25) is 0 Å². The first kappa shape index (κ1) is 12.6. The smallest absolute Gasteiger partial charge is 0.414 e. The van der Waals surface area contributed by atoms with Crippen LogP contribution in [0.25, 0.3) is 0 Å². The number of anilines is 1. The topological polar surface area (TPSA) is 42.4 Å². The summed E-state index contributed by atoms with van der Waals surface area (Å²) in [7, 11) is 1.71. The summed E-state index contributed by atoms with van der Waals surface area (Å²) >= 11 is 1.52. The molecule has 2 rings (SSSR count). The summed E-state index contributed by atoms with van der Waals surface area (Å²) in [6.45, 7) is 2.23. The van der Waals surface area contributed by atoms with Crippen molar-refractivity contribution in [1.29, 1.82) is 0 Å². The predicted octanol–water partition coefficient (Wildman–Crippen LogP) is 3.22. The lowest BCUT2D eigenvalue weighted by Crippen LogP contribution is -2.26. The van der Waals surface area contributed by atoms with E-state index in [0.717, 1.165) is 16.1 Å². The Morgan fingerprint density at radius 1 is 1.56 bits per heavy atom. The number of hydrogen-bond donors (Lipinski definition) is 0. The number of rotatable bonds is 3. The lowest BCUT2D eigenvalue weighted by Gasteiger charge is -2.14. The molecule has 0 spiro atoms. The molecule has 0 bridgehead atoms. The number of carbonyl (C=O) groups excluding carboxylic acids is 1. The summed E-state index contributed by atoms with van der Waals surface area (Å²) < 4.78 is 5.21. The van der Waals surface area contributed by atoms with Gasteiger partial charge in [-0.15, -0.1) is 11.3 Å². The van der Waals surface area contributed by atoms with Gasteiger partial charge in [-0.3, -0.25) is 9.88 Å². The average Bonchev–Trinajstić information content (AvgIpc) is 2.83. The first-order valence-corrected chi connectivity index (χ1v) is 6.39. The lowest BCUT2D eigenvalue weighted by atomic mass is 10.3. The predicted molar refractivity (Wildman–Crippen MR) is 71.9 cm³/mol. The Bertz CT molecular complexity index is 525. The van der Waals surface area contributed by atoms with Crippen LogP contribution in [0.1, 0.15) is 11.1 Å². The monoisotopic (exact) mass is 262 g/mol. The third kappa shape index (κ3) is 3.07. The molecular formula is C13H14N2O2S. The highest BCUT2D eigenvalue weighted by atomic mass is 32.1. The molecular weight excluding hydrogens is 248 g/mol. The van der Waals surface area contributed by atoms with Gasteiger partial charge >= 0.3 is 6.09 Å². The number of hydrogen-bond acceptors (Lipinski definition) is 4. The van der Waals surface area contributed by atoms with E-state index in [1.54, 1.807) is 19.4 Å². The molecule has 2 heterocycles. The number of carbonyl (C=O) groups is 1. The fourth-order valence-corrected chi connectivity index (χ4v) is 2.27. The third-order valence-corrected chi connectivity index (χ3v) is 3.53. The molecule has 0 N–H and O–H groups in total. The highest BCUT2D eigenvalue weighted by molar-refractivity contribution is 7.14. The van der Waals surface area contributed by atoms with Gasteiger partial charge in [0.25, 0.3) is 0 Å². The highest BCUT2D eigenvalue weighted by Gasteiger charge is 2.13. The van der Waals surface area contributed by atoms with Gasteiger partial charge in [0.15, 0.2) is 0 Å². The molecule has 4 nitrogen and oxygen atoms in total. The minimum absolute atomic E-state index is 0.237. The molecule has 0 aliphatic carbocycles. The minimum atomic E-state index is -0.360. The molecule has 0 fully saturated rings. The van der Waals surface area contributed by atoms with Crippen molar-refractivity contribution in [3.63, 3.8) is 0 Å². The normalized spacial score (nSPS) is 10.1. The molecule has 2 aromatic heterocycles. The molecule has 0 aliphatic rings. The summed E-state index contributed by atoms with van der Waals surface area (Å²) in [4.78, 5) is 17.3. The molecule has 1 amide bonds. The average molecular weight is 262 g/mol. The van der Waals surface area contributed by atoms with Gasteiger partial charge in [-0.2, -0.15) is 0 Å². The quantitative estimate of drug-likeness (QED) is 0.853. The van der Waals surface area contributed by atoms with Crippen molar-refractivity contribution >= 4 is 22.4 Å². The van der Waals surface area contributed by atoms with Gasteiger partial charge in [0, 0.05) is 25.0 Å². The summed E-state index contributed by atoms with van der Waals surface area (Å²) in [5, 5.41) is 2.88. The zero-order chi connectivity index (χ0) is 13.0. The molecule has 2 aromatic rings. The zero-order valence-electron chi connectivity index (χ0n) is 10.3. The van der Waals surface area contributed by atoms with Crippen LogP contribution in [0.15, 0.2) is 36.0 Å². The minimum Gasteiger partial charge on any atom is -0.444 e. The lowest BCUT2D eigenvalue weighted by molar-refractivity contribution is 0.148. The standard InChI is InChI=1S/C13H14N2O2S/c1-10-6-12(18-9-10)15(2)13(16)17-8-11-4-3-5-14-7-11/h3-7,9H,8H2,1-2H3. The molecule has 0 unspecified atom stereocenters. The Morgan fingerprint density at radius 2 is 2.39 bits per heavy atom. The third-order valence-electron chi connectivity index (χ3n) is 2.41. The molecule has 0 saturated carbocycles. The Morgan fingerprint density at radius 3 is 3.00 bits per heavy atom. The Kier molecular flexibility index (Phi) is 3.94. The van der Waals surface area contributed by atoms with Crippen molar-refractivity contribution < 1.29 is 9.53 Å². The van der Waals surface area contributed by atoms with Crippen molar-refractivity contribution in [2.45, 2.75) is 13.5 Å². The van der Waals surface area contributed by atoms with Crippen LogP contribution >= 0.6 is 11.3 Å². The Labute approximate surface area is 110 Å². The van der Waals surface area contributed by atoms with E-state index in [9.17, 15) is 4.79 Å². The zero-order valence-corrected chi connectivity index (χ0v) is 11.1. The second-order valence-electron chi connectivity index (χ2n) is 3.94. The van der Waals surface area contributed by atoms with Crippen LogP contribution in [-0.4, -0.2) is 18.1 Å². The van der Waals surface area contributed by atoms with Gasteiger partial charge in [-0.05, 0) is 30.0 Å². The summed E-state index contributed by atoms with van der Waals surface area (Å²) in [5.41, 5.74) is 2.02. The van der Waals surface area contributed by atoms with Crippen LogP contribution < -0.4 is 4.90 Å². The van der Waals surface area contributed by atoms with E-state index in [-0.39, 0.29) is 12.7 Å². The molecule has 18 heavy (non-hydrogen) atoms. The van der Waals surface area contributed by atoms with Crippen LogP contribution in [0, 0.1) is 6.92 Å². The van der Waals surface area contributed by atoms with E-state index in [1.165, 1.54) is 16.2 Å². The van der Waals surface area contributed by atoms with E-state index in [4.69, 9.17) is 4.74 Å². The summed E-state index contributed by atoms with van der Waals surface area (Å²) in [6, 6.07) is 5.64. The highest BCUT2D eigenvalue weighted by Crippen LogP contribution is 2.23.